The summed E-state index contributed by atoms with van der Waals surface area (Å²) in [6, 6.07) is -0.0276. The molecule has 2 heterocycles. The molecule has 23 heavy (non-hydrogen) atoms. The van der Waals surface area contributed by atoms with Crippen LogP contribution in [0.25, 0.3) is 0 Å². The summed E-state index contributed by atoms with van der Waals surface area (Å²) >= 11 is 6.17. The fourth-order valence-electron chi connectivity index (χ4n) is 3.10. The minimum absolute atomic E-state index is 0.0276. The molecule has 0 aliphatic carbocycles. The average Bonchev–Trinajstić information content (AvgIpc) is 2.94. The van der Waals surface area contributed by atoms with E-state index in [2.05, 4.69) is 17.3 Å². The van der Waals surface area contributed by atoms with Gasteiger partial charge in [-0.25, -0.2) is 0 Å². The van der Waals surface area contributed by atoms with Gasteiger partial charge in [-0.15, -0.1) is 0 Å². The SMILES string of the molecule is CCC[C@H]1CN(CC(N)=O)C[C@@H]1NC(=O)c1nn(C)c(C)c1Cl. The Hall–Kier alpha value is -1.60. The van der Waals surface area contributed by atoms with E-state index in [1.807, 2.05) is 11.8 Å². The third-order valence-corrected chi connectivity index (χ3v) is 4.80. The Morgan fingerprint density at radius 3 is 2.65 bits per heavy atom. The first-order chi connectivity index (χ1) is 10.8. The lowest BCUT2D eigenvalue weighted by Crippen LogP contribution is -2.41. The molecule has 0 aromatic carbocycles. The standard InChI is InChI=1S/C15H24ClN5O2/c1-4-5-10-6-21(8-12(17)22)7-11(10)18-15(23)14-13(16)9(2)20(3)19-14/h10-11H,4-8H2,1-3H3,(H2,17,22)(H,18,23)/t10-,11-/m0/s1. The molecule has 3 N–H and O–H groups in total. The Morgan fingerprint density at radius 2 is 2.13 bits per heavy atom. The number of nitrogens with two attached hydrogens (primary N) is 1. The molecule has 7 nitrogen and oxygen atoms in total. The molecule has 2 atom stereocenters. The summed E-state index contributed by atoms with van der Waals surface area (Å²) in [5.74, 6) is -0.326. The maximum atomic E-state index is 12.5. The van der Waals surface area contributed by atoms with Gasteiger partial charge in [0.15, 0.2) is 5.69 Å². The van der Waals surface area contributed by atoms with Crippen LogP contribution in [0.15, 0.2) is 0 Å². The zero-order valence-electron chi connectivity index (χ0n) is 13.8. The van der Waals surface area contributed by atoms with Crippen LogP contribution in [0.2, 0.25) is 5.02 Å². The Morgan fingerprint density at radius 1 is 1.43 bits per heavy atom. The van der Waals surface area contributed by atoms with Gasteiger partial charge >= 0.3 is 0 Å². The zero-order chi connectivity index (χ0) is 17.1. The van der Waals surface area contributed by atoms with Gasteiger partial charge in [0.1, 0.15) is 0 Å². The van der Waals surface area contributed by atoms with E-state index in [0.29, 0.717) is 17.5 Å². The van der Waals surface area contributed by atoms with E-state index in [9.17, 15) is 9.59 Å². The van der Waals surface area contributed by atoms with E-state index in [4.69, 9.17) is 17.3 Å². The van der Waals surface area contributed by atoms with E-state index in [0.717, 1.165) is 25.1 Å². The Labute approximate surface area is 141 Å². The Bertz CT molecular complexity index is 601. The number of carbonyl (C=O) groups is 2. The highest BCUT2D eigenvalue weighted by Crippen LogP contribution is 2.23. The molecule has 0 unspecified atom stereocenters. The highest BCUT2D eigenvalue weighted by atomic mass is 35.5. The zero-order valence-corrected chi connectivity index (χ0v) is 14.6. The van der Waals surface area contributed by atoms with Gasteiger partial charge in [0.05, 0.1) is 17.3 Å². The molecule has 8 heteroatoms. The van der Waals surface area contributed by atoms with Crippen LogP contribution in [0.1, 0.15) is 35.9 Å². The third kappa shape index (κ3) is 4.03. The number of hydrogen-bond acceptors (Lipinski definition) is 4. The molecule has 0 radical (unpaired) electrons. The van der Waals surface area contributed by atoms with Crippen LogP contribution in [-0.2, 0) is 11.8 Å². The number of likely N-dealkylation sites (tertiary alicyclic amines) is 1. The van der Waals surface area contributed by atoms with E-state index in [1.54, 1.807) is 11.7 Å². The highest BCUT2D eigenvalue weighted by Gasteiger charge is 2.34. The van der Waals surface area contributed by atoms with E-state index >= 15 is 0 Å². The summed E-state index contributed by atoms with van der Waals surface area (Å²) in [5.41, 5.74) is 6.27. The number of aromatic nitrogens is 2. The van der Waals surface area contributed by atoms with Gasteiger partial charge < -0.3 is 11.1 Å². The lowest BCUT2D eigenvalue weighted by atomic mass is 9.98. The lowest BCUT2D eigenvalue weighted by Gasteiger charge is -2.18. The van der Waals surface area contributed by atoms with Crippen molar-refractivity contribution in [3.05, 3.63) is 16.4 Å². The predicted molar refractivity (Wildman–Crippen MR) is 88.2 cm³/mol. The number of hydrogen-bond donors (Lipinski definition) is 2. The van der Waals surface area contributed by atoms with Crippen molar-refractivity contribution in [1.82, 2.24) is 20.0 Å². The normalized spacial score (nSPS) is 21.6. The summed E-state index contributed by atoms with van der Waals surface area (Å²) in [7, 11) is 1.75. The number of nitrogens with one attached hydrogen (secondary N) is 1. The predicted octanol–water partition coefficient (Wildman–Crippen LogP) is 0.698. The number of primary amides is 1. The minimum Gasteiger partial charge on any atom is -0.369 e. The van der Waals surface area contributed by atoms with Gasteiger partial charge in [-0.1, -0.05) is 24.9 Å². The molecule has 0 bridgehead atoms. The molecule has 0 saturated carbocycles. The first kappa shape index (κ1) is 17.7. The Kier molecular flexibility index (Phi) is 5.64. The number of halogens is 1. The molecule has 1 aliphatic heterocycles. The van der Waals surface area contributed by atoms with E-state index in [-0.39, 0.29) is 30.1 Å². The van der Waals surface area contributed by atoms with Crippen LogP contribution in [0, 0.1) is 12.8 Å². The van der Waals surface area contributed by atoms with Gasteiger partial charge in [-0.2, -0.15) is 5.10 Å². The highest BCUT2D eigenvalue weighted by molar-refractivity contribution is 6.34. The largest absolute Gasteiger partial charge is 0.369 e. The van der Waals surface area contributed by atoms with Crippen LogP contribution in [-0.4, -0.2) is 52.2 Å². The van der Waals surface area contributed by atoms with Crippen molar-refractivity contribution in [2.45, 2.75) is 32.7 Å². The van der Waals surface area contributed by atoms with Crippen molar-refractivity contribution in [2.24, 2.45) is 18.7 Å². The monoisotopic (exact) mass is 341 g/mol. The molecule has 1 fully saturated rings. The fraction of sp³-hybridized carbons (Fsp3) is 0.667. The lowest BCUT2D eigenvalue weighted by molar-refractivity contribution is -0.118. The number of carbonyl (C=O) groups excluding carboxylic acids is 2. The molecule has 0 spiro atoms. The summed E-state index contributed by atoms with van der Waals surface area (Å²) in [4.78, 5) is 25.6. The third-order valence-electron chi connectivity index (χ3n) is 4.35. The van der Waals surface area contributed by atoms with Gasteiger partial charge in [0.25, 0.3) is 5.91 Å². The molecule has 2 amide bonds. The average molecular weight is 342 g/mol. The smallest absolute Gasteiger partial charge is 0.273 e. The number of aryl methyl sites for hydroxylation is 1. The second-order valence-corrected chi connectivity index (χ2v) is 6.54. The topological polar surface area (TPSA) is 93.2 Å². The summed E-state index contributed by atoms with van der Waals surface area (Å²) in [6.07, 6.45) is 2.00. The van der Waals surface area contributed by atoms with Crippen molar-refractivity contribution < 1.29 is 9.59 Å². The van der Waals surface area contributed by atoms with Crippen LogP contribution >= 0.6 is 11.6 Å². The number of rotatable bonds is 6. The molecule has 1 aliphatic rings. The van der Waals surface area contributed by atoms with E-state index < -0.39 is 0 Å². The van der Waals surface area contributed by atoms with Gasteiger partial charge in [0, 0.05) is 26.2 Å². The molecule has 2 rings (SSSR count). The van der Waals surface area contributed by atoms with Crippen LogP contribution in [0.3, 0.4) is 0 Å². The quantitative estimate of drug-likeness (QED) is 0.796. The second-order valence-electron chi connectivity index (χ2n) is 6.16. The van der Waals surface area contributed by atoms with Crippen LogP contribution in [0.5, 0.6) is 0 Å². The van der Waals surface area contributed by atoms with Gasteiger partial charge in [0.2, 0.25) is 5.91 Å². The van der Waals surface area contributed by atoms with E-state index in [1.165, 1.54) is 0 Å². The Balaban J connectivity index is 2.08. The van der Waals surface area contributed by atoms with Crippen molar-refractivity contribution in [3.8, 4) is 0 Å². The first-order valence-electron chi connectivity index (χ1n) is 7.84. The van der Waals surface area contributed by atoms with Crippen molar-refractivity contribution in [1.29, 1.82) is 0 Å². The van der Waals surface area contributed by atoms with Crippen molar-refractivity contribution >= 4 is 23.4 Å². The van der Waals surface area contributed by atoms with Crippen molar-refractivity contribution in [3.63, 3.8) is 0 Å². The fourth-order valence-corrected chi connectivity index (χ4v) is 3.35. The molecular formula is C15H24ClN5O2. The minimum atomic E-state index is -0.351. The molecule has 1 saturated heterocycles. The number of amides is 2. The summed E-state index contributed by atoms with van der Waals surface area (Å²) in [5, 5.41) is 7.58. The van der Waals surface area contributed by atoms with Crippen molar-refractivity contribution in [2.75, 3.05) is 19.6 Å². The summed E-state index contributed by atoms with van der Waals surface area (Å²) in [6.45, 7) is 5.51. The van der Waals surface area contributed by atoms with Crippen LogP contribution in [0.4, 0.5) is 0 Å². The maximum Gasteiger partial charge on any atom is 0.273 e. The molecule has 128 valence electrons. The summed E-state index contributed by atoms with van der Waals surface area (Å²) < 4.78 is 1.59. The molecular weight excluding hydrogens is 318 g/mol. The van der Waals surface area contributed by atoms with Gasteiger partial charge in [-0.05, 0) is 19.3 Å². The maximum absolute atomic E-state index is 12.5. The second kappa shape index (κ2) is 7.31. The van der Waals surface area contributed by atoms with Crippen LogP contribution < -0.4 is 11.1 Å². The first-order valence-corrected chi connectivity index (χ1v) is 8.21. The molecule has 1 aromatic rings. The number of nitrogens with zero attached hydrogens (tertiary/aromatic N) is 3. The molecule has 1 aromatic heterocycles. The van der Waals surface area contributed by atoms with Gasteiger partial charge in [-0.3, -0.25) is 19.2 Å².